The van der Waals surface area contributed by atoms with Crippen molar-refractivity contribution in [3.63, 3.8) is 0 Å². The first-order chi connectivity index (χ1) is 4.41. The zero-order chi connectivity index (χ0) is 6.95. The van der Waals surface area contributed by atoms with Crippen molar-refractivity contribution in [3.8, 4) is 0 Å². The van der Waals surface area contributed by atoms with Gasteiger partial charge in [-0.2, -0.15) is 0 Å². The Morgan fingerprint density at radius 1 is 1.11 bits per heavy atom. The highest BCUT2D eigenvalue weighted by Gasteiger charge is 1.83. The Balaban J connectivity index is 2.60. The molecule has 0 unspecified atom stereocenters. The highest BCUT2D eigenvalue weighted by molar-refractivity contribution is 6.08. The van der Waals surface area contributed by atoms with Crippen molar-refractivity contribution in [1.29, 1.82) is 0 Å². The van der Waals surface area contributed by atoms with Crippen LogP contribution in [-0.4, -0.2) is 40.7 Å². The molecule has 0 atom stereocenters. The van der Waals surface area contributed by atoms with Crippen molar-refractivity contribution in [2.24, 2.45) is 5.73 Å². The number of hydrogen-bond donors (Lipinski definition) is 1. The fourth-order valence-corrected chi connectivity index (χ4v) is 0.387. The van der Waals surface area contributed by atoms with Crippen LogP contribution < -0.4 is 5.73 Å². The topological polar surface area (TPSA) is 44.5 Å². The lowest BCUT2D eigenvalue weighted by Gasteiger charge is -2.01. The van der Waals surface area contributed by atoms with E-state index in [4.69, 9.17) is 23.1 Å². The Bertz CT molecular complexity index is 48.2. The molecule has 9 heavy (non-hydrogen) atoms. The Labute approximate surface area is 56.9 Å². The predicted octanol–water partition coefficient (Wildman–Crippen LogP) is -0.896. The fraction of sp³-hybridized carbons (Fsp3) is 1.00. The maximum atomic E-state index is 5.15. The summed E-state index contributed by atoms with van der Waals surface area (Å²) in [6.45, 7) is 2.54. The van der Waals surface area contributed by atoms with Crippen molar-refractivity contribution in [3.05, 3.63) is 0 Å². The molecule has 0 aliphatic rings. The first kappa shape index (κ1) is 8.94. The van der Waals surface area contributed by atoms with Crippen molar-refractivity contribution in [2.75, 3.05) is 32.9 Å². The van der Waals surface area contributed by atoms with Gasteiger partial charge in [-0.1, -0.05) is 0 Å². The largest absolute Gasteiger partial charge is 0.389 e. The van der Waals surface area contributed by atoms with Crippen molar-refractivity contribution >= 4 is 7.85 Å². The van der Waals surface area contributed by atoms with E-state index in [-0.39, 0.29) is 6.51 Å². The van der Waals surface area contributed by atoms with E-state index in [0.717, 1.165) is 0 Å². The van der Waals surface area contributed by atoms with E-state index in [9.17, 15) is 0 Å². The molecular weight excluding hydrogens is 117 g/mol. The highest BCUT2D eigenvalue weighted by atomic mass is 16.5. The second kappa shape index (κ2) is 7.94. The molecule has 0 amide bonds. The van der Waals surface area contributed by atoms with Gasteiger partial charge >= 0.3 is 0 Å². The summed E-state index contributed by atoms with van der Waals surface area (Å²) in [6.07, 6.45) is 0. The molecule has 0 aliphatic heterocycles. The summed E-state index contributed by atoms with van der Waals surface area (Å²) in [4.78, 5) is 0. The van der Waals surface area contributed by atoms with Gasteiger partial charge in [0.1, 0.15) is 7.85 Å². The maximum absolute atomic E-state index is 5.15. The van der Waals surface area contributed by atoms with Crippen LogP contribution in [0.2, 0.25) is 0 Å². The van der Waals surface area contributed by atoms with Crippen LogP contribution in [0.1, 0.15) is 0 Å². The van der Waals surface area contributed by atoms with Crippen LogP contribution in [0, 0.1) is 0 Å². The third-order valence-corrected chi connectivity index (χ3v) is 0.752. The molecule has 3 nitrogen and oxygen atoms in total. The van der Waals surface area contributed by atoms with Gasteiger partial charge in [-0.05, 0) is 0 Å². The third kappa shape index (κ3) is 7.94. The van der Waals surface area contributed by atoms with Crippen LogP contribution in [-0.2, 0) is 9.47 Å². The molecule has 0 heterocycles. The number of nitrogens with two attached hydrogens (primary N) is 1. The second-order valence-corrected chi connectivity index (χ2v) is 1.48. The van der Waals surface area contributed by atoms with Gasteiger partial charge in [0.25, 0.3) is 0 Å². The van der Waals surface area contributed by atoms with Gasteiger partial charge in [0.15, 0.2) is 0 Å². The Kier molecular flexibility index (Phi) is 7.90. The minimum atomic E-state index is 0.256. The fourth-order valence-electron chi connectivity index (χ4n) is 0.387. The molecule has 0 aromatic carbocycles. The standard InChI is InChI=1S/C5H12BNO2/c6-5-9-4-3-8-2-1-7/h1-5,7H2. The summed E-state index contributed by atoms with van der Waals surface area (Å²) in [6, 6.07) is 0. The minimum Gasteiger partial charge on any atom is -0.389 e. The summed E-state index contributed by atoms with van der Waals surface area (Å²) in [5.74, 6) is 0. The molecule has 2 N–H and O–H groups in total. The molecule has 0 spiro atoms. The third-order valence-electron chi connectivity index (χ3n) is 0.752. The molecule has 0 rings (SSSR count). The van der Waals surface area contributed by atoms with E-state index in [0.29, 0.717) is 26.4 Å². The molecule has 52 valence electrons. The van der Waals surface area contributed by atoms with E-state index >= 15 is 0 Å². The molecule has 0 saturated heterocycles. The molecule has 0 fully saturated rings. The SMILES string of the molecule is [B]COCCOCCN. The molecule has 0 aliphatic carbocycles. The van der Waals surface area contributed by atoms with Crippen LogP contribution in [0.4, 0.5) is 0 Å². The van der Waals surface area contributed by atoms with E-state index in [1.165, 1.54) is 0 Å². The van der Waals surface area contributed by atoms with Crippen LogP contribution in [0.25, 0.3) is 0 Å². The van der Waals surface area contributed by atoms with Crippen molar-refractivity contribution < 1.29 is 9.47 Å². The summed E-state index contributed by atoms with van der Waals surface area (Å²) >= 11 is 0. The lowest BCUT2D eigenvalue weighted by atomic mass is 10.2. The molecule has 4 heteroatoms. The summed E-state index contributed by atoms with van der Waals surface area (Å²) in [7, 11) is 5.04. The zero-order valence-electron chi connectivity index (χ0n) is 5.51. The quantitative estimate of drug-likeness (QED) is 0.373. The Morgan fingerprint density at radius 3 is 2.33 bits per heavy atom. The number of ether oxygens (including phenoxy) is 2. The molecule has 0 bridgehead atoms. The summed E-state index contributed by atoms with van der Waals surface area (Å²) < 4.78 is 9.77. The van der Waals surface area contributed by atoms with Crippen molar-refractivity contribution in [2.45, 2.75) is 0 Å². The lowest BCUT2D eigenvalue weighted by Crippen LogP contribution is -2.12. The van der Waals surface area contributed by atoms with E-state index in [1.807, 2.05) is 0 Å². The average molecular weight is 129 g/mol. The molecule has 0 saturated carbocycles. The smallest absolute Gasteiger partial charge is 0.104 e. The van der Waals surface area contributed by atoms with E-state index in [1.54, 1.807) is 0 Å². The molecule has 0 aromatic heterocycles. The molecule has 2 radical (unpaired) electrons. The van der Waals surface area contributed by atoms with Crippen LogP contribution in [0.3, 0.4) is 0 Å². The second-order valence-electron chi connectivity index (χ2n) is 1.48. The van der Waals surface area contributed by atoms with Crippen LogP contribution in [0.5, 0.6) is 0 Å². The Hall–Kier alpha value is -0.0551. The van der Waals surface area contributed by atoms with Gasteiger partial charge in [0, 0.05) is 13.1 Å². The average Bonchev–Trinajstić information content (AvgIpc) is 1.89. The zero-order valence-corrected chi connectivity index (χ0v) is 5.51. The molecular formula is C5H12BNO2. The number of rotatable bonds is 6. The van der Waals surface area contributed by atoms with E-state index < -0.39 is 0 Å². The predicted molar refractivity (Wildman–Crippen MR) is 36.4 cm³/mol. The van der Waals surface area contributed by atoms with Gasteiger partial charge in [-0.3, -0.25) is 0 Å². The first-order valence-corrected chi connectivity index (χ1v) is 2.97. The maximum Gasteiger partial charge on any atom is 0.104 e. The van der Waals surface area contributed by atoms with Crippen molar-refractivity contribution in [1.82, 2.24) is 0 Å². The van der Waals surface area contributed by atoms with Crippen LogP contribution in [0.15, 0.2) is 0 Å². The normalized spacial score (nSPS) is 9.89. The number of hydrogen-bond acceptors (Lipinski definition) is 3. The van der Waals surface area contributed by atoms with Gasteiger partial charge in [0.2, 0.25) is 0 Å². The van der Waals surface area contributed by atoms with Crippen LogP contribution >= 0.6 is 0 Å². The molecule has 0 aromatic rings. The van der Waals surface area contributed by atoms with Gasteiger partial charge in [-0.25, -0.2) is 0 Å². The minimum absolute atomic E-state index is 0.256. The highest BCUT2D eigenvalue weighted by Crippen LogP contribution is 1.74. The Morgan fingerprint density at radius 2 is 1.78 bits per heavy atom. The summed E-state index contributed by atoms with van der Waals surface area (Å²) in [5, 5.41) is 0. The van der Waals surface area contributed by atoms with Gasteiger partial charge in [-0.15, -0.1) is 0 Å². The van der Waals surface area contributed by atoms with Gasteiger partial charge in [0.05, 0.1) is 19.8 Å². The monoisotopic (exact) mass is 129 g/mol. The lowest BCUT2D eigenvalue weighted by molar-refractivity contribution is 0.0679. The summed E-state index contributed by atoms with van der Waals surface area (Å²) in [5.41, 5.74) is 5.15. The van der Waals surface area contributed by atoms with E-state index in [2.05, 4.69) is 0 Å². The first-order valence-electron chi connectivity index (χ1n) is 2.97. The van der Waals surface area contributed by atoms with Gasteiger partial charge < -0.3 is 15.2 Å².